The lowest BCUT2D eigenvalue weighted by atomic mass is 9.99. The zero-order chi connectivity index (χ0) is 23.7. The molecule has 33 heavy (non-hydrogen) atoms. The Bertz CT molecular complexity index is 1290. The van der Waals surface area contributed by atoms with Crippen LogP contribution >= 0.6 is 11.6 Å². The van der Waals surface area contributed by atoms with Gasteiger partial charge < -0.3 is 10.2 Å². The fraction of sp³-hybridized carbons (Fsp3) is 0.192. The summed E-state index contributed by atoms with van der Waals surface area (Å²) in [4.78, 5) is 32.1. The van der Waals surface area contributed by atoms with E-state index in [4.69, 9.17) is 11.6 Å². The third-order valence-corrected chi connectivity index (χ3v) is 5.77. The molecule has 168 valence electrons. The maximum atomic E-state index is 14.7. The van der Waals surface area contributed by atoms with Gasteiger partial charge in [-0.25, -0.2) is 4.39 Å². The molecule has 0 aromatic heterocycles. The van der Waals surface area contributed by atoms with Crippen LogP contribution in [0.2, 0.25) is 5.02 Å². The van der Waals surface area contributed by atoms with E-state index in [2.05, 4.69) is 10.3 Å². The van der Waals surface area contributed by atoms with Crippen molar-refractivity contribution in [2.75, 3.05) is 16.8 Å². The van der Waals surface area contributed by atoms with E-state index < -0.39 is 11.9 Å². The number of nitrogens with one attached hydrogen (secondary N) is 1. The fourth-order valence-electron chi connectivity index (χ4n) is 3.91. The normalized spacial score (nSPS) is 15.5. The van der Waals surface area contributed by atoms with Crippen LogP contribution in [0, 0.1) is 19.7 Å². The average Bonchev–Trinajstić information content (AvgIpc) is 2.86. The SMILES string of the molecule is Cc1ccc(NC(=O)CN2C(=O)[C@@H](C)N=C(c3ccccc3F)c3cc(Cl)ccc32)c(C)c1. The van der Waals surface area contributed by atoms with Crippen LogP contribution < -0.4 is 10.2 Å². The summed E-state index contributed by atoms with van der Waals surface area (Å²) in [5.41, 5.74) is 4.23. The number of carbonyl (C=O) groups excluding carboxylic acids is 2. The molecule has 5 nitrogen and oxygen atoms in total. The number of hydrogen-bond acceptors (Lipinski definition) is 3. The van der Waals surface area contributed by atoms with Gasteiger partial charge >= 0.3 is 0 Å². The molecule has 0 bridgehead atoms. The van der Waals surface area contributed by atoms with Crippen LogP contribution in [0.3, 0.4) is 0 Å². The molecule has 4 rings (SSSR count). The van der Waals surface area contributed by atoms with Crippen molar-refractivity contribution in [1.82, 2.24) is 0 Å². The highest BCUT2D eigenvalue weighted by molar-refractivity contribution is 6.32. The molecule has 2 amide bonds. The molecule has 0 unspecified atom stereocenters. The Kier molecular flexibility index (Phi) is 6.29. The quantitative estimate of drug-likeness (QED) is 0.570. The molecule has 0 fully saturated rings. The van der Waals surface area contributed by atoms with Gasteiger partial charge in [0.25, 0.3) is 5.91 Å². The lowest BCUT2D eigenvalue weighted by molar-refractivity contribution is -0.122. The van der Waals surface area contributed by atoms with Gasteiger partial charge in [0.05, 0.1) is 11.4 Å². The first-order valence-corrected chi connectivity index (χ1v) is 10.9. The Morgan fingerprint density at radius 2 is 1.85 bits per heavy atom. The number of aryl methyl sites for hydroxylation is 2. The number of rotatable bonds is 4. The predicted molar refractivity (Wildman–Crippen MR) is 130 cm³/mol. The Hall–Kier alpha value is -3.51. The maximum Gasteiger partial charge on any atom is 0.252 e. The molecule has 3 aromatic carbocycles. The molecule has 1 N–H and O–H groups in total. The summed E-state index contributed by atoms with van der Waals surface area (Å²) in [6, 6.07) is 16.1. The molecule has 1 aliphatic heterocycles. The predicted octanol–water partition coefficient (Wildman–Crippen LogP) is 5.31. The molecule has 0 saturated heterocycles. The minimum Gasteiger partial charge on any atom is -0.324 e. The zero-order valence-corrected chi connectivity index (χ0v) is 19.3. The maximum absolute atomic E-state index is 14.7. The highest BCUT2D eigenvalue weighted by Crippen LogP contribution is 2.31. The van der Waals surface area contributed by atoms with Crippen LogP contribution in [-0.2, 0) is 9.59 Å². The lowest BCUT2D eigenvalue weighted by Crippen LogP contribution is -2.42. The van der Waals surface area contributed by atoms with Gasteiger partial charge in [-0.3, -0.25) is 14.6 Å². The van der Waals surface area contributed by atoms with Crippen molar-refractivity contribution in [2.45, 2.75) is 26.8 Å². The second kappa shape index (κ2) is 9.16. The summed E-state index contributed by atoms with van der Waals surface area (Å²) < 4.78 is 14.7. The number of aliphatic imine (C=N–C) groups is 1. The highest BCUT2D eigenvalue weighted by Gasteiger charge is 2.32. The van der Waals surface area contributed by atoms with Crippen molar-refractivity contribution in [3.8, 4) is 0 Å². The van der Waals surface area contributed by atoms with Crippen molar-refractivity contribution in [2.24, 2.45) is 4.99 Å². The van der Waals surface area contributed by atoms with E-state index in [0.717, 1.165) is 11.1 Å². The molecule has 7 heteroatoms. The van der Waals surface area contributed by atoms with E-state index in [-0.39, 0.29) is 23.9 Å². The van der Waals surface area contributed by atoms with Gasteiger partial charge in [0.15, 0.2) is 0 Å². The van der Waals surface area contributed by atoms with Crippen LogP contribution in [-0.4, -0.2) is 30.1 Å². The molecule has 1 aliphatic rings. The molecule has 0 spiro atoms. The van der Waals surface area contributed by atoms with Crippen molar-refractivity contribution in [1.29, 1.82) is 0 Å². The van der Waals surface area contributed by atoms with Gasteiger partial charge in [0.1, 0.15) is 18.4 Å². The average molecular weight is 464 g/mol. The first-order valence-electron chi connectivity index (χ1n) is 10.6. The summed E-state index contributed by atoms with van der Waals surface area (Å²) in [5, 5.41) is 3.29. The number of benzene rings is 3. The van der Waals surface area contributed by atoms with Gasteiger partial charge in [-0.1, -0.05) is 41.4 Å². The fourth-order valence-corrected chi connectivity index (χ4v) is 4.09. The molecular formula is C26H23ClFN3O2. The second-order valence-electron chi connectivity index (χ2n) is 8.09. The first-order chi connectivity index (χ1) is 15.7. The van der Waals surface area contributed by atoms with E-state index in [1.54, 1.807) is 43.3 Å². The number of carbonyl (C=O) groups is 2. The van der Waals surface area contributed by atoms with Gasteiger partial charge in [-0.2, -0.15) is 0 Å². The van der Waals surface area contributed by atoms with E-state index in [0.29, 0.717) is 27.7 Å². The van der Waals surface area contributed by atoms with Crippen molar-refractivity contribution in [3.05, 3.63) is 93.8 Å². The number of benzodiazepines with no additional fused rings is 1. The Morgan fingerprint density at radius 1 is 1.09 bits per heavy atom. The number of hydrogen-bond donors (Lipinski definition) is 1. The summed E-state index contributed by atoms with van der Waals surface area (Å²) >= 11 is 6.25. The Morgan fingerprint density at radius 3 is 2.58 bits per heavy atom. The minimum absolute atomic E-state index is 0.217. The van der Waals surface area contributed by atoms with Gasteiger partial charge in [0, 0.05) is 21.8 Å². The minimum atomic E-state index is -0.820. The first kappa shape index (κ1) is 22.7. The molecule has 3 aromatic rings. The molecule has 0 radical (unpaired) electrons. The summed E-state index contributed by atoms with van der Waals surface area (Å²) in [6.07, 6.45) is 0. The molecule has 1 heterocycles. The molecular weight excluding hydrogens is 441 g/mol. The van der Waals surface area contributed by atoms with Crippen LogP contribution in [0.25, 0.3) is 0 Å². The molecule has 0 aliphatic carbocycles. The number of halogens is 2. The van der Waals surface area contributed by atoms with E-state index in [1.165, 1.54) is 11.0 Å². The van der Waals surface area contributed by atoms with Gasteiger partial charge in [-0.05, 0) is 62.7 Å². The van der Waals surface area contributed by atoms with Crippen LogP contribution in [0.15, 0.2) is 65.7 Å². The summed E-state index contributed by atoms with van der Waals surface area (Å²) in [7, 11) is 0. The third-order valence-electron chi connectivity index (χ3n) is 5.54. The summed E-state index contributed by atoms with van der Waals surface area (Å²) in [5.74, 6) is -1.17. The molecule has 1 atom stereocenters. The largest absolute Gasteiger partial charge is 0.324 e. The van der Waals surface area contributed by atoms with E-state index >= 15 is 0 Å². The topological polar surface area (TPSA) is 61.8 Å². The van der Waals surface area contributed by atoms with Gasteiger partial charge in [0.2, 0.25) is 5.91 Å². The van der Waals surface area contributed by atoms with Crippen LogP contribution in [0.5, 0.6) is 0 Å². The number of amides is 2. The Labute approximate surface area is 196 Å². The third kappa shape index (κ3) is 4.66. The Balaban J connectivity index is 1.73. The van der Waals surface area contributed by atoms with Gasteiger partial charge in [-0.15, -0.1) is 0 Å². The van der Waals surface area contributed by atoms with Crippen molar-refractivity contribution >= 4 is 40.5 Å². The van der Waals surface area contributed by atoms with E-state index in [9.17, 15) is 14.0 Å². The smallest absolute Gasteiger partial charge is 0.252 e. The van der Waals surface area contributed by atoms with Crippen LogP contribution in [0.4, 0.5) is 15.8 Å². The lowest BCUT2D eigenvalue weighted by Gasteiger charge is -2.24. The second-order valence-corrected chi connectivity index (χ2v) is 8.52. The highest BCUT2D eigenvalue weighted by atomic mass is 35.5. The monoisotopic (exact) mass is 463 g/mol. The van der Waals surface area contributed by atoms with Crippen molar-refractivity contribution < 1.29 is 14.0 Å². The number of fused-ring (bicyclic) bond motifs is 1. The number of anilines is 2. The summed E-state index contributed by atoms with van der Waals surface area (Å²) in [6.45, 7) is 5.30. The zero-order valence-electron chi connectivity index (χ0n) is 18.5. The number of nitrogens with zero attached hydrogens (tertiary/aromatic N) is 2. The molecule has 0 saturated carbocycles. The van der Waals surface area contributed by atoms with Crippen LogP contribution in [0.1, 0.15) is 29.2 Å². The standard InChI is InChI=1S/C26H23ClFN3O2/c1-15-8-10-22(16(2)12-15)30-24(32)14-31-23-11-9-18(27)13-20(23)25(29-17(3)26(31)33)19-6-4-5-7-21(19)28/h4-13,17H,14H2,1-3H3,(H,30,32)/t17-/m1/s1. The van der Waals surface area contributed by atoms with E-state index in [1.807, 2.05) is 32.0 Å². The van der Waals surface area contributed by atoms with Crippen molar-refractivity contribution in [3.63, 3.8) is 0 Å².